The first-order valence-electron chi connectivity index (χ1n) is 11.0. The molecule has 1 radical (unpaired) electrons. The summed E-state index contributed by atoms with van der Waals surface area (Å²) in [5, 5.41) is 7.11. The van der Waals surface area contributed by atoms with E-state index in [9.17, 15) is 0 Å². The molecule has 0 aromatic heterocycles. The number of rotatable bonds is 8. The highest BCUT2D eigenvalue weighted by atomic mass is 127. The van der Waals surface area contributed by atoms with Gasteiger partial charge in [-0.05, 0) is 40.8 Å². The number of hydrogen-bond acceptors (Lipinski definition) is 2. The van der Waals surface area contributed by atoms with E-state index in [4.69, 9.17) is 10.3 Å². The van der Waals surface area contributed by atoms with Crippen LogP contribution in [-0.4, -0.2) is 31.4 Å². The summed E-state index contributed by atoms with van der Waals surface area (Å²) < 4.78 is 5.36. The van der Waals surface area contributed by atoms with Gasteiger partial charge >= 0.3 is 0 Å². The maximum Gasteiger partial charge on any atom is 0.195 e. The first-order valence-corrected chi connectivity index (χ1v) is 14.7. The molecule has 3 rings (SSSR count). The third-order valence-corrected chi connectivity index (χ3v) is 9.33. The lowest BCUT2D eigenvalue weighted by molar-refractivity contribution is 0.591. The third-order valence-electron chi connectivity index (χ3n) is 5.80. The van der Waals surface area contributed by atoms with Crippen molar-refractivity contribution >= 4 is 77.7 Å². The van der Waals surface area contributed by atoms with Crippen LogP contribution in [0.15, 0.2) is 76.5 Å². The van der Waals surface area contributed by atoms with Crippen molar-refractivity contribution in [2.45, 2.75) is 33.0 Å². The Balaban J connectivity index is 2.15. The lowest BCUT2D eigenvalue weighted by Gasteiger charge is -2.29. The van der Waals surface area contributed by atoms with Gasteiger partial charge in [-0.3, -0.25) is 4.99 Å². The van der Waals surface area contributed by atoms with Crippen molar-refractivity contribution in [1.29, 1.82) is 0 Å². The topological polar surface area (TPSA) is 38.8 Å². The lowest BCUT2D eigenvalue weighted by atomic mass is 9.69. The fourth-order valence-corrected chi connectivity index (χ4v) is 6.41. The maximum absolute atomic E-state index is 5.00. The predicted molar refractivity (Wildman–Crippen MR) is 160 cm³/mol. The summed E-state index contributed by atoms with van der Waals surface area (Å²) in [6.45, 7) is 14.9. The van der Waals surface area contributed by atoms with E-state index in [-0.39, 0.29) is 5.41 Å². The first-order chi connectivity index (χ1) is 15.7. The van der Waals surface area contributed by atoms with Gasteiger partial charge in [-0.2, -0.15) is 0 Å². The van der Waals surface area contributed by atoms with E-state index in [1.807, 2.05) is 18.3 Å². The molecule has 0 N–H and O–H groups in total. The van der Waals surface area contributed by atoms with Crippen LogP contribution in [0.5, 0.6) is 0 Å². The zero-order valence-corrected chi connectivity index (χ0v) is 23.1. The molecule has 1 atom stereocenters. The maximum atomic E-state index is 5.00. The predicted octanol–water partition coefficient (Wildman–Crippen LogP) is 6.72. The van der Waals surface area contributed by atoms with E-state index < -0.39 is 7.41 Å². The van der Waals surface area contributed by atoms with Crippen LogP contribution >= 0.6 is 30.0 Å². The van der Waals surface area contributed by atoms with Crippen LogP contribution in [0.4, 0.5) is 11.4 Å². The summed E-state index contributed by atoms with van der Waals surface area (Å²) in [6, 6.07) is 23.2. The molecule has 0 amide bonds. The van der Waals surface area contributed by atoms with E-state index >= 15 is 0 Å². The summed E-state index contributed by atoms with van der Waals surface area (Å²) in [5.74, 6) is 0. The Morgan fingerprint density at radius 1 is 1.06 bits per heavy atom. The summed E-state index contributed by atoms with van der Waals surface area (Å²) in [5.41, 5.74) is 5.39. The SMILES string of the molecule is C=N[P+](C)(c1ccccc1)c1ccccc1N=Cc1cc(C(C)(C)C)cc([B]C)c1[N-]CI. The number of hydrogen-bond donors (Lipinski definition) is 0. The Hall–Kier alpha value is -1.98. The van der Waals surface area contributed by atoms with Crippen molar-refractivity contribution in [1.82, 2.24) is 0 Å². The van der Waals surface area contributed by atoms with Gasteiger partial charge in [-0.1, -0.05) is 74.6 Å². The first kappa shape index (κ1) is 25.6. The average molecular weight is 566 g/mol. The highest BCUT2D eigenvalue weighted by molar-refractivity contribution is 14.1. The van der Waals surface area contributed by atoms with Gasteiger partial charge in [0.2, 0.25) is 0 Å². The molecule has 0 fully saturated rings. The van der Waals surface area contributed by atoms with Gasteiger partial charge in [0.15, 0.2) is 7.41 Å². The Morgan fingerprint density at radius 3 is 2.33 bits per heavy atom. The third kappa shape index (κ3) is 5.75. The Bertz CT molecular complexity index is 1140. The molecule has 0 aliphatic rings. The molecule has 0 bridgehead atoms. The highest BCUT2D eigenvalue weighted by Gasteiger charge is 2.39. The zero-order valence-electron chi connectivity index (χ0n) is 20.1. The summed E-state index contributed by atoms with van der Waals surface area (Å²) in [6.07, 6.45) is 1.96. The summed E-state index contributed by atoms with van der Waals surface area (Å²) in [7, 11) is 0.110. The van der Waals surface area contributed by atoms with Crippen LogP contribution in [0.2, 0.25) is 6.82 Å². The number of benzene rings is 3. The van der Waals surface area contributed by atoms with Crippen LogP contribution in [-0.2, 0) is 5.41 Å². The molecule has 3 aromatic carbocycles. The molecule has 0 saturated heterocycles. The minimum Gasteiger partial charge on any atom is -0.676 e. The highest BCUT2D eigenvalue weighted by Crippen LogP contribution is 2.55. The molecule has 0 saturated carbocycles. The van der Waals surface area contributed by atoms with Gasteiger partial charge < -0.3 is 5.32 Å². The van der Waals surface area contributed by atoms with Crippen LogP contribution in [0.25, 0.3) is 5.32 Å². The number of alkyl halides is 1. The van der Waals surface area contributed by atoms with E-state index in [0.29, 0.717) is 4.55 Å². The molecular weight excluding hydrogens is 535 g/mol. The van der Waals surface area contributed by atoms with E-state index in [0.717, 1.165) is 27.7 Å². The smallest absolute Gasteiger partial charge is 0.195 e. The molecular formula is C27H31BIN3P. The van der Waals surface area contributed by atoms with Gasteiger partial charge in [0.25, 0.3) is 0 Å². The second-order valence-electron chi connectivity index (χ2n) is 9.00. The van der Waals surface area contributed by atoms with E-state index in [1.165, 1.54) is 10.9 Å². The van der Waals surface area contributed by atoms with Crippen molar-refractivity contribution < 1.29 is 0 Å². The monoisotopic (exact) mass is 566 g/mol. The Labute approximate surface area is 214 Å². The van der Waals surface area contributed by atoms with E-state index in [2.05, 4.69) is 130 Å². The minimum atomic E-state index is -2.02. The van der Waals surface area contributed by atoms with Crippen molar-refractivity contribution in [3.05, 3.63) is 83.2 Å². The van der Waals surface area contributed by atoms with Gasteiger partial charge in [0, 0.05) is 12.9 Å². The second-order valence-corrected chi connectivity index (χ2v) is 12.9. The Morgan fingerprint density at radius 2 is 1.73 bits per heavy atom. The van der Waals surface area contributed by atoms with Gasteiger partial charge in [0.05, 0.1) is 6.66 Å². The molecule has 3 nitrogen and oxygen atoms in total. The Kier molecular flexibility index (Phi) is 8.52. The molecule has 0 spiro atoms. The number of para-hydroxylation sites is 1. The molecule has 0 aliphatic carbocycles. The van der Waals surface area contributed by atoms with E-state index in [1.54, 1.807) is 0 Å². The van der Waals surface area contributed by atoms with Crippen molar-refractivity contribution in [2.24, 2.45) is 9.76 Å². The average Bonchev–Trinajstić information content (AvgIpc) is 2.83. The van der Waals surface area contributed by atoms with Crippen molar-refractivity contribution in [3.63, 3.8) is 0 Å². The van der Waals surface area contributed by atoms with Crippen molar-refractivity contribution in [2.75, 3.05) is 11.2 Å². The number of aliphatic imine (C=N–C) groups is 1. The zero-order chi connectivity index (χ0) is 24.1. The van der Waals surface area contributed by atoms with Crippen LogP contribution < -0.4 is 16.1 Å². The normalized spacial score (nSPS) is 13.5. The number of nitrogens with zero attached hydrogens (tertiary/aromatic N) is 3. The fourth-order valence-electron chi connectivity index (χ4n) is 3.77. The lowest BCUT2D eigenvalue weighted by Crippen LogP contribution is -2.21. The van der Waals surface area contributed by atoms with Crippen molar-refractivity contribution in [3.8, 4) is 0 Å². The minimum absolute atomic E-state index is 0.0330. The molecule has 1 unspecified atom stereocenters. The molecule has 6 heteroatoms. The molecule has 0 aliphatic heterocycles. The molecule has 33 heavy (non-hydrogen) atoms. The molecule has 169 valence electrons. The standard InChI is InChI=1S/C27H31BIN3P/c1-27(2,3)21-16-20(26(32-19-29)23(17-21)28-4)18-31-24-14-10-11-15-25(24)33(6,30-5)22-12-8-7-9-13-22/h7-18H,5,19H2,1-4,6H3. The molecule has 0 heterocycles. The van der Waals surface area contributed by atoms with Crippen LogP contribution in [0.3, 0.4) is 0 Å². The van der Waals surface area contributed by atoms with Gasteiger partial charge in [-0.15, -0.1) is 38.5 Å². The second kappa shape index (κ2) is 11.0. The molecule has 3 aromatic rings. The quantitative estimate of drug-likeness (QED) is 0.0726. The largest absolute Gasteiger partial charge is 0.676 e. The van der Waals surface area contributed by atoms with Crippen LogP contribution in [0.1, 0.15) is 31.9 Å². The summed E-state index contributed by atoms with van der Waals surface area (Å²) in [4.78, 5) is 5.00. The van der Waals surface area contributed by atoms with Crippen LogP contribution in [0, 0.1) is 0 Å². The number of halogens is 1. The fraction of sp³-hybridized carbons (Fsp3) is 0.259. The summed E-state index contributed by atoms with van der Waals surface area (Å²) >= 11 is 2.29. The van der Waals surface area contributed by atoms with Gasteiger partial charge in [-0.25, -0.2) is 0 Å². The van der Waals surface area contributed by atoms with Gasteiger partial charge in [0.1, 0.15) is 23.6 Å².